The number of carbonyl (C=O) groups is 2. The van der Waals surface area contributed by atoms with Crippen molar-refractivity contribution in [1.82, 2.24) is 14.9 Å². The maximum absolute atomic E-state index is 12.1. The van der Waals surface area contributed by atoms with Crippen LogP contribution in [0.5, 0.6) is 0 Å². The average Bonchev–Trinajstić information content (AvgIpc) is 3.01. The number of primary amides is 1. The van der Waals surface area contributed by atoms with Gasteiger partial charge in [-0.1, -0.05) is 35.5 Å². The molecule has 3 aromatic rings. The zero-order valence-electron chi connectivity index (χ0n) is 14.5. The van der Waals surface area contributed by atoms with Gasteiger partial charge in [0, 0.05) is 16.8 Å². The standard InChI is InChI=1S/C18H18N6O2S/c1-11-3-2-4-13(9-11)17-22-23-18(24(17)20)27-10-15(25)21-14-7-5-12(6-8-14)16(19)26/h2-9H,10,20H2,1H3,(H2,19,26)(H,21,25). The summed E-state index contributed by atoms with van der Waals surface area (Å²) in [5, 5.41) is 11.3. The fourth-order valence-electron chi connectivity index (χ4n) is 2.40. The lowest BCUT2D eigenvalue weighted by atomic mass is 10.1. The summed E-state index contributed by atoms with van der Waals surface area (Å²) in [6.07, 6.45) is 0. The lowest BCUT2D eigenvalue weighted by molar-refractivity contribution is -0.113. The number of thioether (sulfide) groups is 1. The van der Waals surface area contributed by atoms with Crippen LogP contribution in [0.3, 0.4) is 0 Å². The molecule has 3 rings (SSSR count). The molecule has 138 valence electrons. The molecule has 0 saturated carbocycles. The minimum absolute atomic E-state index is 0.112. The molecule has 2 amide bonds. The molecular formula is C18H18N6O2S. The number of anilines is 1. The van der Waals surface area contributed by atoms with Crippen molar-refractivity contribution in [3.05, 3.63) is 59.7 Å². The highest BCUT2D eigenvalue weighted by Gasteiger charge is 2.14. The van der Waals surface area contributed by atoms with Crippen LogP contribution in [0.15, 0.2) is 53.7 Å². The van der Waals surface area contributed by atoms with Crippen LogP contribution in [0.1, 0.15) is 15.9 Å². The van der Waals surface area contributed by atoms with E-state index in [4.69, 9.17) is 11.6 Å². The second-order valence-corrected chi connectivity index (χ2v) is 6.77. The van der Waals surface area contributed by atoms with Gasteiger partial charge in [-0.15, -0.1) is 10.2 Å². The van der Waals surface area contributed by atoms with E-state index in [0.29, 0.717) is 22.2 Å². The van der Waals surface area contributed by atoms with Crippen molar-refractivity contribution in [2.45, 2.75) is 12.1 Å². The van der Waals surface area contributed by atoms with Gasteiger partial charge in [-0.05, 0) is 37.3 Å². The van der Waals surface area contributed by atoms with E-state index >= 15 is 0 Å². The molecule has 0 bridgehead atoms. The fourth-order valence-corrected chi connectivity index (χ4v) is 3.06. The molecule has 0 aliphatic rings. The Morgan fingerprint density at radius 3 is 2.56 bits per heavy atom. The third kappa shape index (κ3) is 4.45. The first kappa shape index (κ1) is 18.5. The summed E-state index contributed by atoms with van der Waals surface area (Å²) in [4.78, 5) is 23.2. The normalized spacial score (nSPS) is 10.6. The molecule has 1 aromatic heterocycles. The number of hydrogen-bond donors (Lipinski definition) is 3. The maximum Gasteiger partial charge on any atom is 0.248 e. The van der Waals surface area contributed by atoms with Crippen LogP contribution in [-0.4, -0.2) is 32.4 Å². The van der Waals surface area contributed by atoms with Crippen molar-refractivity contribution in [3.8, 4) is 11.4 Å². The number of aryl methyl sites for hydroxylation is 1. The highest BCUT2D eigenvalue weighted by atomic mass is 32.2. The number of nitrogens with one attached hydrogen (secondary N) is 1. The summed E-state index contributed by atoms with van der Waals surface area (Å²) >= 11 is 1.18. The zero-order chi connectivity index (χ0) is 19.4. The van der Waals surface area contributed by atoms with Crippen LogP contribution >= 0.6 is 11.8 Å². The molecule has 0 aliphatic heterocycles. The summed E-state index contributed by atoms with van der Waals surface area (Å²) in [7, 11) is 0. The molecule has 27 heavy (non-hydrogen) atoms. The van der Waals surface area contributed by atoms with Gasteiger partial charge in [0.2, 0.25) is 17.0 Å². The van der Waals surface area contributed by atoms with Crippen molar-refractivity contribution in [1.29, 1.82) is 0 Å². The van der Waals surface area contributed by atoms with E-state index in [-0.39, 0.29) is 11.7 Å². The Kier molecular flexibility index (Phi) is 5.41. The van der Waals surface area contributed by atoms with Crippen LogP contribution in [0.4, 0.5) is 5.69 Å². The molecule has 0 aliphatic carbocycles. The minimum atomic E-state index is -0.518. The number of hydrogen-bond acceptors (Lipinski definition) is 6. The summed E-state index contributed by atoms with van der Waals surface area (Å²) in [5.41, 5.74) is 8.08. The van der Waals surface area contributed by atoms with E-state index in [1.165, 1.54) is 16.4 Å². The molecule has 5 N–H and O–H groups in total. The SMILES string of the molecule is Cc1cccc(-c2nnc(SCC(=O)Nc3ccc(C(N)=O)cc3)n2N)c1. The van der Waals surface area contributed by atoms with Crippen molar-refractivity contribution in [2.75, 3.05) is 16.9 Å². The van der Waals surface area contributed by atoms with Crippen molar-refractivity contribution < 1.29 is 9.59 Å². The molecular weight excluding hydrogens is 364 g/mol. The van der Waals surface area contributed by atoms with Gasteiger partial charge in [-0.25, -0.2) is 4.68 Å². The smallest absolute Gasteiger partial charge is 0.248 e. The second kappa shape index (κ2) is 7.92. The monoisotopic (exact) mass is 382 g/mol. The Bertz CT molecular complexity index is 984. The number of nitrogens with two attached hydrogens (primary N) is 2. The molecule has 0 spiro atoms. The summed E-state index contributed by atoms with van der Waals surface area (Å²) in [6.45, 7) is 1.98. The predicted molar refractivity (Wildman–Crippen MR) is 105 cm³/mol. The molecule has 0 unspecified atom stereocenters. The number of aromatic nitrogens is 3. The van der Waals surface area contributed by atoms with E-state index in [9.17, 15) is 9.59 Å². The fraction of sp³-hybridized carbons (Fsp3) is 0.111. The summed E-state index contributed by atoms with van der Waals surface area (Å²) in [6, 6.07) is 14.1. The minimum Gasteiger partial charge on any atom is -0.366 e. The molecule has 0 fully saturated rings. The van der Waals surface area contributed by atoms with E-state index in [1.807, 2.05) is 31.2 Å². The molecule has 0 saturated heterocycles. The van der Waals surface area contributed by atoms with Crippen LogP contribution < -0.4 is 16.9 Å². The van der Waals surface area contributed by atoms with Crippen molar-refractivity contribution >= 4 is 29.3 Å². The highest BCUT2D eigenvalue weighted by molar-refractivity contribution is 7.99. The highest BCUT2D eigenvalue weighted by Crippen LogP contribution is 2.22. The van der Waals surface area contributed by atoms with Gasteiger partial charge in [0.1, 0.15) is 0 Å². The van der Waals surface area contributed by atoms with Gasteiger partial charge in [-0.3, -0.25) is 9.59 Å². The van der Waals surface area contributed by atoms with E-state index in [2.05, 4.69) is 15.5 Å². The molecule has 2 aromatic carbocycles. The molecule has 0 radical (unpaired) electrons. The third-order valence-electron chi connectivity index (χ3n) is 3.73. The third-order valence-corrected chi connectivity index (χ3v) is 4.67. The van der Waals surface area contributed by atoms with Crippen LogP contribution in [0, 0.1) is 6.92 Å². The van der Waals surface area contributed by atoms with Gasteiger partial charge < -0.3 is 16.9 Å². The molecule has 9 heteroatoms. The molecule has 1 heterocycles. The van der Waals surface area contributed by atoms with Gasteiger partial charge in [0.15, 0.2) is 5.82 Å². The van der Waals surface area contributed by atoms with Crippen molar-refractivity contribution in [2.24, 2.45) is 5.73 Å². The van der Waals surface area contributed by atoms with Crippen LogP contribution in [-0.2, 0) is 4.79 Å². The van der Waals surface area contributed by atoms with Gasteiger partial charge in [0.25, 0.3) is 0 Å². The number of nitrogen functional groups attached to an aromatic ring is 1. The zero-order valence-corrected chi connectivity index (χ0v) is 15.4. The first-order valence-corrected chi connectivity index (χ1v) is 9.02. The second-order valence-electron chi connectivity index (χ2n) is 5.82. The summed E-state index contributed by atoms with van der Waals surface area (Å²) < 4.78 is 1.37. The Hall–Kier alpha value is -3.33. The van der Waals surface area contributed by atoms with Gasteiger partial charge in [-0.2, -0.15) is 0 Å². The van der Waals surface area contributed by atoms with Gasteiger partial charge in [0.05, 0.1) is 5.75 Å². The number of amides is 2. The average molecular weight is 382 g/mol. The lowest BCUT2D eigenvalue weighted by Gasteiger charge is -2.06. The molecule has 0 atom stereocenters. The number of nitrogens with zero attached hydrogens (tertiary/aromatic N) is 3. The van der Waals surface area contributed by atoms with Crippen LogP contribution in [0.2, 0.25) is 0 Å². The Morgan fingerprint density at radius 1 is 1.15 bits per heavy atom. The summed E-state index contributed by atoms with van der Waals surface area (Å²) in [5.74, 6) is 5.96. The van der Waals surface area contributed by atoms with Crippen molar-refractivity contribution in [3.63, 3.8) is 0 Å². The first-order valence-electron chi connectivity index (χ1n) is 8.04. The van der Waals surface area contributed by atoms with Gasteiger partial charge >= 0.3 is 0 Å². The number of rotatable bonds is 6. The first-order chi connectivity index (χ1) is 12.9. The van der Waals surface area contributed by atoms with Crippen LogP contribution in [0.25, 0.3) is 11.4 Å². The quantitative estimate of drug-likeness (QED) is 0.440. The largest absolute Gasteiger partial charge is 0.366 e. The predicted octanol–water partition coefficient (Wildman–Crippen LogP) is 1.80. The Balaban J connectivity index is 1.61. The van der Waals surface area contributed by atoms with E-state index in [1.54, 1.807) is 24.3 Å². The lowest BCUT2D eigenvalue weighted by Crippen LogP contribution is -2.16. The number of carbonyl (C=O) groups excluding carboxylic acids is 2. The number of benzene rings is 2. The van der Waals surface area contributed by atoms with E-state index < -0.39 is 5.91 Å². The topological polar surface area (TPSA) is 129 Å². The van der Waals surface area contributed by atoms with E-state index in [0.717, 1.165) is 11.1 Å². The maximum atomic E-state index is 12.1. The Morgan fingerprint density at radius 2 is 1.89 bits per heavy atom. The Labute approximate surface area is 159 Å². The molecule has 8 nitrogen and oxygen atoms in total.